The molecule has 0 amide bonds. The molecule has 1 saturated heterocycles. The number of anilines is 1. The van der Waals surface area contributed by atoms with E-state index in [1.807, 2.05) is 6.07 Å². The summed E-state index contributed by atoms with van der Waals surface area (Å²) >= 11 is 0. The maximum atomic E-state index is 13.0. The molecule has 0 bridgehead atoms. The summed E-state index contributed by atoms with van der Waals surface area (Å²) in [6, 6.07) is 16.3. The molecule has 5 rings (SSSR count). The van der Waals surface area contributed by atoms with E-state index in [9.17, 15) is 19.2 Å². The lowest BCUT2D eigenvalue weighted by molar-refractivity contribution is -0.151. The zero-order valence-electron chi connectivity index (χ0n) is 20.1. The van der Waals surface area contributed by atoms with Gasteiger partial charge in [-0.1, -0.05) is 42.5 Å². The molecule has 2 aromatic carbocycles. The molecular formula is C26H23N3O9. The van der Waals surface area contributed by atoms with Gasteiger partial charge in [0, 0.05) is 6.20 Å². The molecule has 0 unspecified atom stereocenters. The fraction of sp³-hybridized carbons (Fsp3) is 0.269. The third kappa shape index (κ3) is 4.74. The number of esters is 3. The molecule has 38 heavy (non-hydrogen) atoms. The van der Waals surface area contributed by atoms with E-state index in [1.165, 1.54) is 24.4 Å². The van der Waals surface area contributed by atoms with Gasteiger partial charge in [0.2, 0.25) is 0 Å². The minimum absolute atomic E-state index is 0.00468. The van der Waals surface area contributed by atoms with Gasteiger partial charge in [-0.15, -0.1) is 0 Å². The number of carbonyl (C=O) groups excluding carboxylic acids is 3. The molecule has 2 aliphatic heterocycles. The lowest BCUT2D eigenvalue weighted by atomic mass is 10.0. The molecule has 2 N–H and O–H groups in total. The summed E-state index contributed by atoms with van der Waals surface area (Å²) in [5.41, 5.74) is 1.68. The first kappa shape index (κ1) is 25.1. The van der Waals surface area contributed by atoms with Crippen LogP contribution in [0, 0.1) is 0 Å². The highest BCUT2D eigenvalue weighted by Crippen LogP contribution is 2.36. The van der Waals surface area contributed by atoms with Crippen LogP contribution in [0.3, 0.4) is 0 Å². The number of nitrogens with zero attached hydrogens (tertiary/aromatic N) is 2. The van der Waals surface area contributed by atoms with Gasteiger partial charge in [-0.25, -0.2) is 14.4 Å². The smallest absolute Gasteiger partial charge is 0.351 e. The summed E-state index contributed by atoms with van der Waals surface area (Å²) in [4.78, 5) is 55.1. The van der Waals surface area contributed by atoms with Gasteiger partial charge in [-0.3, -0.25) is 20.0 Å². The molecule has 2 aliphatic rings. The molecule has 3 heterocycles. The summed E-state index contributed by atoms with van der Waals surface area (Å²) in [5.74, 6) is -2.85. The summed E-state index contributed by atoms with van der Waals surface area (Å²) in [6.07, 6.45) is -3.58. The predicted molar refractivity (Wildman–Crippen MR) is 128 cm³/mol. The van der Waals surface area contributed by atoms with E-state index in [1.54, 1.807) is 48.8 Å². The second-order valence-electron chi connectivity index (χ2n) is 8.73. The maximum Gasteiger partial charge on any atom is 0.351 e. The van der Waals surface area contributed by atoms with Gasteiger partial charge in [0.1, 0.15) is 12.7 Å². The Hall–Kier alpha value is -4.55. The highest BCUT2D eigenvalue weighted by Gasteiger charge is 2.52. The topological polar surface area (TPSA) is 155 Å². The van der Waals surface area contributed by atoms with Crippen molar-refractivity contribution in [3.63, 3.8) is 0 Å². The van der Waals surface area contributed by atoms with Crippen LogP contribution in [0.25, 0.3) is 0 Å². The highest BCUT2D eigenvalue weighted by molar-refractivity contribution is 6.03. The number of ether oxygens (including phenoxy) is 4. The number of hydrogen-bond donors (Lipinski definition) is 2. The zero-order chi connectivity index (χ0) is 26.8. The third-order valence-electron chi connectivity index (χ3n) is 6.40. The number of benzene rings is 2. The van der Waals surface area contributed by atoms with Crippen LogP contribution in [0.1, 0.15) is 45.3 Å². The Morgan fingerprint density at radius 3 is 2.26 bits per heavy atom. The average Bonchev–Trinajstić information content (AvgIpc) is 3.26. The van der Waals surface area contributed by atoms with E-state index >= 15 is 0 Å². The first-order chi connectivity index (χ1) is 18.4. The number of aromatic nitrogens is 2. The van der Waals surface area contributed by atoms with E-state index in [4.69, 9.17) is 24.2 Å². The van der Waals surface area contributed by atoms with E-state index in [0.717, 1.165) is 10.1 Å². The van der Waals surface area contributed by atoms with Crippen molar-refractivity contribution in [3.05, 3.63) is 94.0 Å². The highest BCUT2D eigenvalue weighted by atomic mass is 16.7. The normalized spacial score (nSPS) is 23.1. The molecule has 1 fully saturated rings. The first-order valence-electron chi connectivity index (χ1n) is 11.7. The Labute approximate surface area is 215 Å². The van der Waals surface area contributed by atoms with Gasteiger partial charge in [0.25, 0.3) is 0 Å². The van der Waals surface area contributed by atoms with Crippen molar-refractivity contribution in [2.24, 2.45) is 0 Å². The number of rotatable bonds is 6. The second kappa shape index (κ2) is 10.4. The maximum absolute atomic E-state index is 13.0. The van der Waals surface area contributed by atoms with Crippen LogP contribution in [0.4, 0.5) is 5.82 Å². The third-order valence-corrected chi connectivity index (χ3v) is 6.40. The predicted octanol–water partition coefficient (Wildman–Crippen LogP) is 2.05. The zero-order valence-corrected chi connectivity index (χ0v) is 20.1. The van der Waals surface area contributed by atoms with Gasteiger partial charge in [0.15, 0.2) is 24.3 Å². The van der Waals surface area contributed by atoms with Crippen LogP contribution in [0.5, 0.6) is 0 Å². The number of carbonyl (C=O) groups is 3. The van der Waals surface area contributed by atoms with Crippen molar-refractivity contribution in [2.45, 2.75) is 37.4 Å². The Kier molecular flexibility index (Phi) is 6.90. The van der Waals surface area contributed by atoms with Crippen LogP contribution in [-0.4, -0.2) is 57.6 Å². The molecule has 0 aliphatic carbocycles. The molecule has 0 spiro atoms. The lowest BCUT2D eigenvalue weighted by Gasteiger charge is -2.27. The van der Waals surface area contributed by atoms with Crippen LogP contribution >= 0.6 is 0 Å². The van der Waals surface area contributed by atoms with Crippen LogP contribution in [-0.2, 0) is 23.7 Å². The van der Waals surface area contributed by atoms with E-state index < -0.39 is 54.1 Å². The fourth-order valence-corrected chi connectivity index (χ4v) is 4.38. The van der Waals surface area contributed by atoms with Crippen LogP contribution in [0.2, 0.25) is 0 Å². The first-order valence-corrected chi connectivity index (χ1v) is 11.7. The summed E-state index contributed by atoms with van der Waals surface area (Å²) in [6.45, 7) is 1.34. The minimum Gasteiger partial charge on any atom is -0.462 e. The number of nitrogens with one attached hydrogen (secondary N) is 1. The van der Waals surface area contributed by atoms with E-state index in [2.05, 4.69) is 4.98 Å². The number of hydrogen-bond acceptors (Lipinski definition) is 11. The molecule has 196 valence electrons. The van der Waals surface area contributed by atoms with E-state index in [-0.39, 0.29) is 23.6 Å². The number of fused-ring (bicyclic) bond motifs is 2. The summed E-state index contributed by atoms with van der Waals surface area (Å²) in [5, 5.41) is 9.05. The van der Waals surface area contributed by atoms with Crippen molar-refractivity contribution in [2.75, 3.05) is 12.1 Å². The average molecular weight is 521 g/mol. The second-order valence-corrected chi connectivity index (χ2v) is 8.73. The van der Waals surface area contributed by atoms with Crippen LogP contribution < -0.4 is 11.2 Å². The van der Waals surface area contributed by atoms with Crippen molar-refractivity contribution in [1.82, 2.24) is 9.55 Å². The molecule has 1 aromatic heterocycles. The standard InChI is InChI=1S/C26H23N3O9/c1-14(15-7-3-2-4-8-15)23(30)35-13-18-20-21(22(36-18)29-12-11-19(28-34)27-26(29)33)38-25(32)17-10-6-5-9-16(17)24(31)37-20/h2-12,14,18,20-22,34H,13H2,1H3,(H,27,28,33)/t14-,18+,20+,21+,22+/m0/s1. The van der Waals surface area contributed by atoms with Crippen LogP contribution in [0.15, 0.2) is 71.7 Å². The fourth-order valence-electron chi connectivity index (χ4n) is 4.38. The van der Waals surface area contributed by atoms with Crippen molar-refractivity contribution >= 4 is 23.7 Å². The molecular weight excluding hydrogens is 498 g/mol. The lowest BCUT2D eigenvalue weighted by Crippen LogP contribution is -2.44. The Morgan fingerprint density at radius 1 is 1.00 bits per heavy atom. The Balaban J connectivity index is 1.45. The molecule has 12 heteroatoms. The molecule has 5 atom stereocenters. The molecule has 3 aromatic rings. The Bertz CT molecular complexity index is 1420. The largest absolute Gasteiger partial charge is 0.462 e. The van der Waals surface area contributed by atoms with Crippen molar-refractivity contribution in [3.8, 4) is 0 Å². The molecule has 0 radical (unpaired) electrons. The molecule has 0 saturated carbocycles. The van der Waals surface area contributed by atoms with Gasteiger partial charge in [0.05, 0.1) is 17.0 Å². The van der Waals surface area contributed by atoms with Crippen molar-refractivity contribution in [1.29, 1.82) is 0 Å². The van der Waals surface area contributed by atoms with Gasteiger partial charge in [-0.2, -0.15) is 4.98 Å². The van der Waals surface area contributed by atoms with Gasteiger partial charge < -0.3 is 18.9 Å². The minimum atomic E-state index is -1.28. The quantitative estimate of drug-likeness (QED) is 0.278. The monoisotopic (exact) mass is 521 g/mol. The van der Waals surface area contributed by atoms with E-state index in [0.29, 0.717) is 0 Å². The van der Waals surface area contributed by atoms with Gasteiger partial charge >= 0.3 is 23.6 Å². The van der Waals surface area contributed by atoms with Gasteiger partial charge in [-0.05, 0) is 30.7 Å². The van der Waals surface area contributed by atoms with Crippen molar-refractivity contribution < 1.29 is 38.5 Å². The molecule has 12 nitrogen and oxygen atoms in total. The summed E-state index contributed by atoms with van der Waals surface area (Å²) < 4.78 is 23.9. The Morgan fingerprint density at radius 2 is 1.63 bits per heavy atom. The summed E-state index contributed by atoms with van der Waals surface area (Å²) in [7, 11) is 0. The SMILES string of the molecule is C[C@H](C(=O)OC[C@H]1O[C@@H](n2ccc(NO)nc2=O)[C@@H]2OC(=O)c3ccccc3C(=O)O[C@@H]21)c1ccccc1.